The number of hydrogen-bond acceptors (Lipinski definition) is 4. The van der Waals surface area contributed by atoms with Crippen LogP contribution < -0.4 is 10.5 Å². The van der Waals surface area contributed by atoms with Crippen LogP contribution in [0.2, 0.25) is 0 Å². The van der Waals surface area contributed by atoms with Gasteiger partial charge >= 0.3 is 0 Å². The zero-order valence-electron chi connectivity index (χ0n) is 9.85. The van der Waals surface area contributed by atoms with Gasteiger partial charge in [0.1, 0.15) is 12.4 Å². The topological polar surface area (TPSA) is 61.3 Å². The Morgan fingerprint density at radius 2 is 2.24 bits per heavy atom. The van der Waals surface area contributed by atoms with Crippen LogP contribution in [0.1, 0.15) is 17.0 Å². The molecule has 0 saturated heterocycles. The minimum atomic E-state index is 0.396. The number of nitrogens with two attached hydrogens (primary N) is 1. The summed E-state index contributed by atoms with van der Waals surface area (Å²) in [4.78, 5) is 0. The van der Waals surface area contributed by atoms with E-state index in [1.54, 1.807) is 0 Å². The number of aromatic nitrogens is 1. The van der Waals surface area contributed by atoms with Crippen molar-refractivity contribution in [2.24, 2.45) is 5.73 Å². The summed E-state index contributed by atoms with van der Waals surface area (Å²) < 4.78 is 10.7. The molecule has 1 aromatic heterocycles. The molecule has 0 fully saturated rings. The summed E-state index contributed by atoms with van der Waals surface area (Å²) in [5, 5.41) is 3.80. The molecule has 2 N–H and O–H groups in total. The lowest BCUT2D eigenvalue weighted by Gasteiger charge is -2.05. The molecule has 0 aliphatic heterocycles. The molecule has 1 heterocycles. The molecule has 0 aliphatic carbocycles. The van der Waals surface area contributed by atoms with Gasteiger partial charge in [-0.2, -0.15) is 0 Å². The van der Waals surface area contributed by atoms with Crippen LogP contribution in [-0.2, 0) is 13.0 Å². The summed E-state index contributed by atoms with van der Waals surface area (Å²) in [5.41, 5.74) is 7.56. The number of ether oxygens (including phenoxy) is 1. The van der Waals surface area contributed by atoms with E-state index in [1.807, 2.05) is 37.3 Å². The van der Waals surface area contributed by atoms with E-state index in [2.05, 4.69) is 5.16 Å². The standard InChI is InChI=1S/C13H16N2O2/c1-10-7-13(17-15-10)9-16-12-4-2-3-11(8-12)5-6-14/h2-4,7-8H,5-6,9,14H2,1H3. The van der Waals surface area contributed by atoms with E-state index in [4.69, 9.17) is 15.0 Å². The minimum Gasteiger partial charge on any atom is -0.486 e. The van der Waals surface area contributed by atoms with Gasteiger partial charge in [-0.05, 0) is 37.6 Å². The van der Waals surface area contributed by atoms with Crippen LogP contribution in [-0.4, -0.2) is 11.7 Å². The molecule has 0 atom stereocenters. The van der Waals surface area contributed by atoms with Crippen LogP contribution in [0.3, 0.4) is 0 Å². The molecule has 17 heavy (non-hydrogen) atoms. The first-order valence-electron chi connectivity index (χ1n) is 5.62. The van der Waals surface area contributed by atoms with Crippen molar-refractivity contribution in [1.29, 1.82) is 0 Å². The van der Waals surface area contributed by atoms with Crippen molar-refractivity contribution in [1.82, 2.24) is 5.16 Å². The van der Waals surface area contributed by atoms with E-state index < -0.39 is 0 Å². The molecule has 2 rings (SSSR count). The second-order valence-electron chi connectivity index (χ2n) is 3.91. The second-order valence-corrected chi connectivity index (χ2v) is 3.91. The number of benzene rings is 1. The highest BCUT2D eigenvalue weighted by Crippen LogP contribution is 2.15. The smallest absolute Gasteiger partial charge is 0.174 e. The van der Waals surface area contributed by atoms with Gasteiger partial charge in [0.15, 0.2) is 5.76 Å². The normalized spacial score (nSPS) is 10.5. The maximum atomic E-state index is 5.62. The Labute approximate surface area is 100 Å². The van der Waals surface area contributed by atoms with Gasteiger partial charge in [-0.25, -0.2) is 0 Å². The highest BCUT2D eigenvalue weighted by Gasteiger charge is 2.02. The largest absolute Gasteiger partial charge is 0.486 e. The average molecular weight is 232 g/mol. The van der Waals surface area contributed by atoms with Crippen molar-refractivity contribution in [2.75, 3.05) is 6.54 Å². The first-order valence-corrected chi connectivity index (χ1v) is 5.62. The highest BCUT2D eigenvalue weighted by molar-refractivity contribution is 5.28. The summed E-state index contributed by atoms with van der Waals surface area (Å²) in [6.45, 7) is 2.92. The molecule has 0 radical (unpaired) electrons. The third-order valence-electron chi connectivity index (χ3n) is 2.39. The highest BCUT2D eigenvalue weighted by atomic mass is 16.5. The van der Waals surface area contributed by atoms with Gasteiger partial charge in [-0.3, -0.25) is 0 Å². The lowest BCUT2D eigenvalue weighted by Crippen LogP contribution is -2.02. The second kappa shape index (κ2) is 5.50. The first-order chi connectivity index (χ1) is 8.28. The third kappa shape index (κ3) is 3.32. The van der Waals surface area contributed by atoms with Crippen molar-refractivity contribution in [3.63, 3.8) is 0 Å². The van der Waals surface area contributed by atoms with Crippen LogP contribution in [0.5, 0.6) is 5.75 Å². The molecule has 0 bridgehead atoms. The van der Waals surface area contributed by atoms with Crippen molar-refractivity contribution in [2.45, 2.75) is 20.0 Å². The molecule has 0 spiro atoms. The van der Waals surface area contributed by atoms with Gasteiger partial charge in [0.05, 0.1) is 5.69 Å². The Balaban J connectivity index is 1.96. The molecule has 1 aromatic carbocycles. The summed E-state index contributed by atoms with van der Waals surface area (Å²) in [5.74, 6) is 1.55. The van der Waals surface area contributed by atoms with Crippen LogP contribution in [0.15, 0.2) is 34.9 Å². The minimum absolute atomic E-state index is 0.396. The summed E-state index contributed by atoms with van der Waals surface area (Å²) in [6, 6.07) is 9.79. The van der Waals surface area contributed by atoms with Crippen LogP contribution in [0.25, 0.3) is 0 Å². The van der Waals surface area contributed by atoms with Crippen molar-refractivity contribution < 1.29 is 9.26 Å². The Bertz CT molecular complexity index is 480. The Morgan fingerprint density at radius 1 is 1.35 bits per heavy atom. The Hall–Kier alpha value is -1.81. The van der Waals surface area contributed by atoms with Gasteiger partial charge in [0, 0.05) is 6.07 Å². The fourth-order valence-corrected chi connectivity index (χ4v) is 1.60. The quantitative estimate of drug-likeness (QED) is 0.857. The van der Waals surface area contributed by atoms with Gasteiger partial charge in [0.2, 0.25) is 0 Å². The van der Waals surface area contributed by atoms with E-state index in [-0.39, 0.29) is 0 Å². The van der Waals surface area contributed by atoms with Crippen molar-refractivity contribution in [3.05, 3.63) is 47.3 Å². The maximum absolute atomic E-state index is 5.62. The molecule has 0 saturated carbocycles. The maximum Gasteiger partial charge on any atom is 0.174 e. The van der Waals surface area contributed by atoms with Crippen molar-refractivity contribution in [3.8, 4) is 5.75 Å². The predicted molar refractivity (Wildman–Crippen MR) is 64.8 cm³/mol. The van der Waals surface area contributed by atoms with Crippen LogP contribution in [0, 0.1) is 6.92 Å². The van der Waals surface area contributed by atoms with Gasteiger partial charge in [-0.1, -0.05) is 17.3 Å². The zero-order chi connectivity index (χ0) is 12.1. The molecule has 0 amide bonds. The monoisotopic (exact) mass is 232 g/mol. The number of aryl methyl sites for hydroxylation is 1. The number of hydrogen-bond donors (Lipinski definition) is 1. The molecular formula is C13H16N2O2. The number of nitrogens with zero attached hydrogens (tertiary/aromatic N) is 1. The molecule has 4 nitrogen and oxygen atoms in total. The fraction of sp³-hybridized carbons (Fsp3) is 0.308. The Morgan fingerprint density at radius 3 is 2.94 bits per heavy atom. The summed E-state index contributed by atoms with van der Waals surface area (Å²) >= 11 is 0. The lowest BCUT2D eigenvalue weighted by atomic mass is 10.1. The molecule has 0 unspecified atom stereocenters. The van der Waals surface area contributed by atoms with Gasteiger partial charge < -0.3 is 15.0 Å². The van der Waals surface area contributed by atoms with Gasteiger partial charge in [0.25, 0.3) is 0 Å². The lowest BCUT2D eigenvalue weighted by molar-refractivity contribution is 0.248. The van der Waals surface area contributed by atoms with E-state index in [1.165, 1.54) is 5.56 Å². The van der Waals surface area contributed by atoms with Crippen LogP contribution in [0.4, 0.5) is 0 Å². The zero-order valence-corrected chi connectivity index (χ0v) is 9.85. The van der Waals surface area contributed by atoms with E-state index in [0.717, 1.165) is 23.6 Å². The first kappa shape index (κ1) is 11.7. The molecular weight excluding hydrogens is 216 g/mol. The van der Waals surface area contributed by atoms with E-state index >= 15 is 0 Å². The third-order valence-corrected chi connectivity index (χ3v) is 2.39. The van der Waals surface area contributed by atoms with Gasteiger partial charge in [-0.15, -0.1) is 0 Å². The number of rotatable bonds is 5. The molecule has 90 valence electrons. The SMILES string of the molecule is Cc1cc(COc2cccc(CCN)c2)on1. The molecule has 2 aromatic rings. The van der Waals surface area contributed by atoms with Crippen LogP contribution >= 0.6 is 0 Å². The fourth-order valence-electron chi connectivity index (χ4n) is 1.60. The van der Waals surface area contributed by atoms with Crippen molar-refractivity contribution >= 4 is 0 Å². The molecule has 4 heteroatoms. The van der Waals surface area contributed by atoms with E-state index in [9.17, 15) is 0 Å². The summed E-state index contributed by atoms with van der Waals surface area (Å²) in [7, 11) is 0. The Kier molecular flexibility index (Phi) is 3.77. The summed E-state index contributed by atoms with van der Waals surface area (Å²) in [6.07, 6.45) is 0.860. The van der Waals surface area contributed by atoms with E-state index in [0.29, 0.717) is 13.2 Å². The predicted octanol–water partition coefficient (Wildman–Crippen LogP) is 2.06. The molecule has 0 aliphatic rings. The average Bonchev–Trinajstić information content (AvgIpc) is 2.74.